The van der Waals surface area contributed by atoms with Gasteiger partial charge in [0.1, 0.15) is 11.4 Å². The van der Waals surface area contributed by atoms with E-state index in [-0.39, 0.29) is 23.4 Å². The Kier molecular flexibility index (Phi) is 6.88. The number of aromatic nitrogens is 2. The lowest BCUT2D eigenvalue weighted by molar-refractivity contribution is -0.274. The molecule has 2 amide bonds. The third kappa shape index (κ3) is 5.39. The molecule has 1 aliphatic rings. The highest BCUT2D eigenvalue weighted by Gasteiger charge is 2.33. The average molecular weight is 524 g/mol. The second-order valence-electron chi connectivity index (χ2n) is 9.47. The van der Waals surface area contributed by atoms with Gasteiger partial charge in [-0.25, -0.2) is 4.79 Å². The van der Waals surface area contributed by atoms with Crippen molar-refractivity contribution >= 4 is 28.3 Å². The van der Waals surface area contributed by atoms with Gasteiger partial charge in [-0.2, -0.15) is 5.10 Å². The monoisotopic (exact) mass is 523 g/mol. The summed E-state index contributed by atoms with van der Waals surface area (Å²) in [6, 6.07) is 20.7. The van der Waals surface area contributed by atoms with Crippen LogP contribution in [0.5, 0.6) is 5.75 Å². The highest BCUT2D eigenvalue weighted by atomic mass is 19.4. The van der Waals surface area contributed by atoms with Crippen LogP contribution in [0.3, 0.4) is 0 Å². The van der Waals surface area contributed by atoms with Crippen LogP contribution in [-0.2, 0) is 0 Å². The zero-order valence-electron chi connectivity index (χ0n) is 21.1. The van der Waals surface area contributed by atoms with Crippen molar-refractivity contribution in [2.24, 2.45) is 0 Å². The topological polar surface area (TPSA) is 62.6 Å². The average Bonchev–Trinajstić information content (AvgIpc) is 3.28. The molecule has 38 heavy (non-hydrogen) atoms. The van der Waals surface area contributed by atoms with Gasteiger partial charge in [-0.15, -0.1) is 13.2 Å². The largest absolute Gasteiger partial charge is 0.573 e. The van der Waals surface area contributed by atoms with Crippen LogP contribution in [0.15, 0.2) is 72.8 Å². The van der Waals surface area contributed by atoms with Gasteiger partial charge >= 0.3 is 12.4 Å². The second kappa shape index (κ2) is 10.3. The zero-order chi connectivity index (χ0) is 26.9. The molecule has 198 valence electrons. The third-order valence-electron chi connectivity index (χ3n) is 6.65. The van der Waals surface area contributed by atoms with Crippen LogP contribution in [0, 0.1) is 0 Å². The molecule has 0 bridgehead atoms. The third-order valence-corrected chi connectivity index (χ3v) is 6.65. The number of likely N-dealkylation sites (tertiary alicyclic amines) is 1. The molecule has 10 heteroatoms. The number of anilines is 2. The Hall–Kier alpha value is -4.21. The number of halogens is 3. The van der Waals surface area contributed by atoms with Crippen LogP contribution in [0.25, 0.3) is 22.2 Å². The zero-order valence-corrected chi connectivity index (χ0v) is 21.1. The molecule has 2 heterocycles. The molecule has 0 radical (unpaired) electrons. The van der Waals surface area contributed by atoms with Crippen molar-refractivity contribution in [3.63, 3.8) is 0 Å². The van der Waals surface area contributed by atoms with Gasteiger partial charge in [0.2, 0.25) is 0 Å². The fourth-order valence-electron chi connectivity index (χ4n) is 4.83. The van der Waals surface area contributed by atoms with E-state index in [0.717, 1.165) is 24.0 Å². The number of para-hydroxylation sites is 2. The van der Waals surface area contributed by atoms with Gasteiger partial charge < -0.3 is 19.9 Å². The number of alkyl halides is 3. The normalized spacial score (nSPS) is 15.9. The number of ether oxygens (including phenoxy) is 1. The summed E-state index contributed by atoms with van der Waals surface area (Å²) >= 11 is 0. The maximum atomic E-state index is 13.1. The minimum Gasteiger partial charge on any atom is -0.405 e. The quantitative estimate of drug-likeness (QED) is 0.323. The lowest BCUT2D eigenvalue weighted by Crippen LogP contribution is -2.43. The van der Waals surface area contributed by atoms with E-state index in [9.17, 15) is 18.0 Å². The summed E-state index contributed by atoms with van der Waals surface area (Å²) in [6.45, 7) is 1.03. The first-order valence-corrected chi connectivity index (χ1v) is 12.4. The molecule has 1 saturated heterocycles. The fraction of sp³-hybridized carbons (Fsp3) is 0.286. The first kappa shape index (κ1) is 25.4. The van der Waals surface area contributed by atoms with Crippen molar-refractivity contribution in [2.45, 2.75) is 25.2 Å². The Bertz CT molecular complexity index is 1430. The summed E-state index contributed by atoms with van der Waals surface area (Å²) in [5.41, 5.74) is 3.19. The number of nitrogens with one attached hydrogen (secondary N) is 1. The lowest BCUT2D eigenvalue weighted by atomic mass is 10.1. The molecule has 0 aliphatic carbocycles. The number of carbonyl (C=O) groups is 1. The van der Waals surface area contributed by atoms with Crippen molar-refractivity contribution in [2.75, 3.05) is 37.4 Å². The van der Waals surface area contributed by atoms with Crippen LogP contribution in [0.2, 0.25) is 0 Å². The molecule has 1 aromatic heterocycles. The van der Waals surface area contributed by atoms with Crippen molar-refractivity contribution in [1.82, 2.24) is 14.7 Å². The summed E-state index contributed by atoms with van der Waals surface area (Å²) in [5, 5.41) is 8.46. The number of urea groups is 1. The molecule has 1 aliphatic heterocycles. The predicted octanol–water partition coefficient (Wildman–Crippen LogP) is 6.54. The number of rotatable bonds is 5. The number of amides is 2. The molecule has 7 nitrogen and oxygen atoms in total. The SMILES string of the molecule is CN(C)c1ccc(NC(=O)N2CCCC(n3nc(-c4ccccc4OC(F)(F)F)c4ccccc43)C2)cc1. The number of piperidine rings is 1. The summed E-state index contributed by atoms with van der Waals surface area (Å²) in [5.74, 6) is -0.305. The van der Waals surface area contributed by atoms with Crippen LogP contribution in [0.1, 0.15) is 18.9 Å². The fourth-order valence-corrected chi connectivity index (χ4v) is 4.83. The Labute approximate surface area is 218 Å². The van der Waals surface area contributed by atoms with Gasteiger partial charge in [0.15, 0.2) is 0 Å². The molecule has 0 spiro atoms. The Morgan fingerprint density at radius 2 is 1.74 bits per heavy atom. The highest BCUT2D eigenvalue weighted by Crippen LogP contribution is 2.38. The van der Waals surface area contributed by atoms with Crippen LogP contribution < -0.4 is 15.0 Å². The van der Waals surface area contributed by atoms with E-state index in [1.54, 1.807) is 17.0 Å². The van der Waals surface area contributed by atoms with E-state index in [1.165, 1.54) is 12.1 Å². The number of fused-ring (bicyclic) bond motifs is 1. The Morgan fingerprint density at radius 1 is 1.03 bits per heavy atom. The molecular formula is C28H28F3N5O2. The minimum atomic E-state index is -4.82. The second-order valence-corrected chi connectivity index (χ2v) is 9.47. The first-order chi connectivity index (χ1) is 18.2. The maximum absolute atomic E-state index is 13.1. The number of benzene rings is 3. The number of carbonyl (C=O) groups excluding carboxylic acids is 1. The van der Waals surface area contributed by atoms with Crippen LogP contribution >= 0.6 is 0 Å². The minimum absolute atomic E-state index is 0.139. The van der Waals surface area contributed by atoms with Crippen molar-refractivity contribution < 1.29 is 22.7 Å². The van der Waals surface area contributed by atoms with Gasteiger partial charge in [-0.3, -0.25) is 4.68 Å². The molecule has 3 aromatic carbocycles. The Balaban J connectivity index is 1.41. The van der Waals surface area contributed by atoms with Crippen LogP contribution in [-0.4, -0.2) is 54.3 Å². The van der Waals surface area contributed by atoms with Gasteiger partial charge in [-0.05, 0) is 55.3 Å². The van der Waals surface area contributed by atoms with Crippen molar-refractivity contribution in [3.05, 3.63) is 72.8 Å². The summed E-state index contributed by atoms with van der Waals surface area (Å²) in [6.07, 6.45) is -3.26. The number of nitrogens with zero attached hydrogens (tertiary/aromatic N) is 4. The highest BCUT2D eigenvalue weighted by molar-refractivity contribution is 5.95. The maximum Gasteiger partial charge on any atom is 0.573 e. The Morgan fingerprint density at radius 3 is 2.47 bits per heavy atom. The van der Waals surface area contributed by atoms with Gasteiger partial charge in [-0.1, -0.05) is 30.3 Å². The first-order valence-electron chi connectivity index (χ1n) is 12.4. The predicted molar refractivity (Wildman–Crippen MR) is 141 cm³/mol. The standard InChI is InChI=1S/C28H28F3N5O2/c1-34(2)20-15-13-19(14-16-20)32-27(37)35-17-7-8-21(18-35)36-24-11-5-3-9-22(24)26(33-36)23-10-4-6-12-25(23)38-28(29,30)31/h3-6,9-16,21H,7-8,17-18H2,1-2H3,(H,32,37). The molecule has 5 rings (SSSR count). The van der Waals surface area contributed by atoms with Gasteiger partial charge in [0.25, 0.3) is 0 Å². The summed E-state index contributed by atoms with van der Waals surface area (Å²) in [7, 11) is 3.90. The van der Waals surface area contributed by atoms with Crippen molar-refractivity contribution in [3.8, 4) is 17.0 Å². The van der Waals surface area contributed by atoms with Gasteiger partial charge in [0.05, 0.1) is 11.6 Å². The molecule has 1 N–H and O–H groups in total. The van der Waals surface area contributed by atoms with E-state index in [1.807, 2.05) is 72.2 Å². The van der Waals surface area contributed by atoms with E-state index in [0.29, 0.717) is 29.9 Å². The number of hydrogen-bond donors (Lipinski definition) is 1. The molecular weight excluding hydrogens is 495 g/mol. The molecule has 0 saturated carbocycles. The van der Waals surface area contributed by atoms with E-state index >= 15 is 0 Å². The summed E-state index contributed by atoms with van der Waals surface area (Å²) < 4.78 is 45.4. The molecule has 1 atom stereocenters. The molecule has 1 fully saturated rings. The number of hydrogen-bond acceptors (Lipinski definition) is 4. The van der Waals surface area contributed by atoms with Gasteiger partial charge in [0, 0.05) is 49.5 Å². The van der Waals surface area contributed by atoms with E-state index in [2.05, 4.69) is 10.1 Å². The smallest absolute Gasteiger partial charge is 0.405 e. The van der Waals surface area contributed by atoms with Crippen molar-refractivity contribution in [1.29, 1.82) is 0 Å². The van der Waals surface area contributed by atoms with Crippen LogP contribution in [0.4, 0.5) is 29.3 Å². The summed E-state index contributed by atoms with van der Waals surface area (Å²) in [4.78, 5) is 16.8. The van der Waals surface area contributed by atoms with E-state index < -0.39 is 6.36 Å². The van der Waals surface area contributed by atoms with E-state index in [4.69, 9.17) is 5.10 Å². The lowest BCUT2D eigenvalue weighted by Gasteiger charge is -2.33. The molecule has 4 aromatic rings. The molecule has 1 unspecified atom stereocenters.